The minimum atomic E-state index is -0.00205. The number of aromatic amines is 1. The van der Waals surface area contributed by atoms with E-state index in [1.807, 2.05) is 6.20 Å². The molecule has 2 aliphatic rings. The van der Waals surface area contributed by atoms with Crippen LogP contribution in [0.2, 0.25) is 0 Å². The number of hydrogen-bond acceptors (Lipinski definition) is 3. The molecule has 0 aromatic carbocycles. The number of nitrogens with zero attached hydrogens (tertiary/aromatic N) is 2. The van der Waals surface area contributed by atoms with Gasteiger partial charge in [0.15, 0.2) is 0 Å². The van der Waals surface area contributed by atoms with Crippen LogP contribution < -0.4 is 5.69 Å². The second-order valence-electron chi connectivity index (χ2n) is 5.95. The first-order chi connectivity index (χ1) is 9.27. The Bertz CT molecular complexity index is 454. The van der Waals surface area contributed by atoms with Gasteiger partial charge in [0.2, 0.25) is 0 Å². The molecule has 0 atom stereocenters. The summed E-state index contributed by atoms with van der Waals surface area (Å²) in [5, 5.41) is 0. The van der Waals surface area contributed by atoms with Crippen molar-refractivity contribution < 1.29 is 4.74 Å². The van der Waals surface area contributed by atoms with E-state index in [9.17, 15) is 4.79 Å². The molecule has 3 heterocycles. The average Bonchev–Trinajstić information content (AvgIpc) is 2.83. The quantitative estimate of drug-likeness (QED) is 0.889. The molecule has 3 rings (SSSR count). The Labute approximate surface area is 113 Å². The van der Waals surface area contributed by atoms with Gasteiger partial charge in [0.05, 0.1) is 0 Å². The van der Waals surface area contributed by atoms with E-state index in [1.54, 1.807) is 10.8 Å². The highest BCUT2D eigenvalue weighted by Crippen LogP contribution is 2.38. The topological polar surface area (TPSA) is 50.3 Å². The van der Waals surface area contributed by atoms with Crippen molar-refractivity contribution in [3.05, 3.63) is 22.9 Å². The fourth-order valence-corrected chi connectivity index (χ4v) is 3.49. The highest BCUT2D eigenvalue weighted by atomic mass is 16.5. The fraction of sp³-hybridized carbons (Fsp3) is 0.786. The first-order valence-corrected chi connectivity index (χ1v) is 7.31. The zero-order chi connectivity index (χ0) is 13.1. The third kappa shape index (κ3) is 2.92. The molecule has 1 aromatic rings. The van der Waals surface area contributed by atoms with E-state index in [-0.39, 0.29) is 5.69 Å². The largest absolute Gasteiger partial charge is 0.381 e. The van der Waals surface area contributed by atoms with Crippen molar-refractivity contribution in [3.8, 4) is 0 Å². The van der Waals surface area contributed by atoms with Crippen molar-refractivity contribution >= 4 is 0 Å². The summed E-state index contributed by atoms with van der Waals surface area (Å²) in [7, 11) is 0. The highest BCUT2D eigenvalue weighted by molar-refractivity contribution is 4.89. The normalized spacial score (nSPS) is 23.8. The zero-order valence-electron chi connectivity index (χ0n) is 11.4. The van der Waals surface area contributed by atoms with E-state index in [0.717, 1.165) is 26.3 Å². The molecule has 0 bridgehead atoms. The molecule has 0 amide bonds. The molecule has 5 heteroatoms. The minimum Gasteiger partial charge on any atom is -0.381 e. The average molecular weight is 265 g/mol. The van der Waals surface area contributed by atoms with E-state index in [4.69, 9.17) is 4.74 Å². The van der Waals surface area contributed by atoms with Crippen molar-refractivity contribution in [2.45, 2.75) is 32.2 Å². The van der Waals surface area contributed by atoms with Gasteiger partial charge in [-0.2, -0.15) is 0 Å². The van der Waals surface area contributed by atoms with Crippen LogP contribution in [0.5, 0.6) is 0 Å². The highest BCUT2D eigenvalue weighted by Gasteiger charge is 2.36. The van der Waals surface area contributed by atoms with Crippen LogP contribution in [0.1, 0.15) is 25.7 Å². The Kier molecular flexibility index (Phi) is 3.75. The molecule has 5 nitrogen and oxygen atoms in total. The molecule has 0 unspecified atom stereocenters. The Balaban J connectivity index is 1.56. The number of nitrogens with one attached hydrogen (secondary N) is 1. The molecule has 19 heavy (non-hydrogen) atoms. The van der Waals surface area contributed by atoms with Crippen molar-refractivity contribution in [3.63, 3.8) is 0 Å². The third-order valence-electron chi connectivity index (χ3n) is 4.67. The number of imidazole rings is 1. The van der Waals surface area contributed by atoms with Gasteiger partial charge in [0.25, 0.3) is 0 Å². The summed E-state index contributed by atoms with van der Waals surface area (Å²) in [5.74, 6) is 0. The number of rotatable bonds is 3. The van der Waals surface area contributed by atoms with Crippen LogP contribution in [0, 0.1) is 5.41 Å². The summed E-state index contributed by atoms with van der Waals surface area (Å²) in [6.07, 6.45) is 8.56. The van der Waals surface area contributed by atoms with Gasteiger partial charge < -0.3 is 14.6 Å². The van der Waals surface area contributed by atoms with Gasteiger partial charge in [0, 0.05) is 45.2 Å². The molecule has 1 N–H and O–H groups in total. The first kappa shape index (κ1) is 12.9. The third-order valence-corrected chi connectivity index (χ3v) is 4.67. The molecule has 1 spiro atoms. The van der Waals surface area contributed by atoms with Crippen molar-refractivity contribution in [2.75, 3.05) is 32.8 Å². The van der Waals surface area contributed by atoms with E-state index in [0.29, 0.717) is 5.41 Å². The number of likely N-dealkylation sites (tertiary alicyclic amines) is 1. The number of H-pyrrole nitrogens is 1. The lowest BCUT2D eigenvalue weighted by molar-refractivity contribution is -0.0278. The lowest BCUT2D eigenvalue weighted by Gasteiger charge is -2.45. The van der Waals surface area contributed by atoms with Crippen LogP contribution in [-0.2, 0) is 11.3 Å². The predicted molar refractivity (Wildman–Crippen MR) is 73.2 cm³/mol. The van der Waals surface area contributed by atoms with Gasteiger partial charge in [-0.15, -0.1) is 0 Å². The van der Waals surface area contributed by atoms with E-state index in [2.05, 4.69) is 9.88 Å². The molecule has 2 aliphatic heterocycles. The molecule has 0 saturated carbocycles. The molecule has 2 fully saturated rings. The van der Waals surface area contributed by atoms with E-state index >= 15 is 0 Å². The van der Waals surface area contributed by atoms with Gasteiger partial charge in [-0.3, -0.25) is 4.57 Å². The van der Waals surface area contributed by atoms with Crippen molar-refractivity contribution in [1.82, 2.24) is 14.5 Å². The molecule has 1 aromatic heterocycles. The summed E-state index contributed by atoms with van der Waals surface area (Å²) in [6.45, 7) is 5.95. The van der Waals surface area contributed by atoms with Crippen LogP contribution in [0.25, 0.3) is 0 Å². The summed E-state index contributed by atoms with van der Waals surface area (Å²) >= 11 is 0. The van der Waals surface area contributed by atoms with Gasteiger partial charge >= 0.3 is 5.69 Å². The second-order valence-corrected chi connectivity index (χ2v) is 5.95. The number of aromatic nitrogens is 2. The maximum absolute atomic E-state index is 11.5. The Morgan fingerprint density at radius 1 is 1.26 bits per heavy atom. The fourth-order valence-electron chi connectivity index (χ4n) is 3.49. The number of hydrogen-bond donors (Lipinski definition) is 1. The predicted octanol–water partition coefficient (Wildman–Crippen LogP) is 1.07. The van der Waals surface area contributed by atoms with Crippen LogP contribution in [-0.4, -0.2) is 47.3 Å². The maximum atomic E-state index is 11.5. The summed E-state index contributed by atoms with van der Waals surface area (Å²) in [6, 6.07) is 0. The van der Waals surface area contributed by atoms with E-state index in [1.165, 1.54) is 38.8 Å². The lowest BCUT2D eigenvalue weighted by atomic mass is 9.74. The van der Waals surface area contributed by atoms with Crippen molar-refractivity contribution in [2.24, 2.45) is 5.41 Å². The number of ether oxygens (including phenoxy) is 1. The smallest absolute Gasteiger partial charge is 0.325 e. The molecular weight excluding hydrogens is 242 g/mol. The molecular formula is C14H23N3O2. The second kappa shape index (κ2) is 5.51. The zero-order valence-corrected chi connectivity index (χ0v) is 11.4. The lowest BCUT2D eigenvalue weighted by Crippen LogP contribution is -2.47. The summed E-state index contributed by atoms with van der Waals surface area (Å²) < 4.78 is 7.25. The van der Waals surface area contributed by atoms with E-state index < -0.39 is 0 Å². The Hall–Kier alpha value is -1.07. The monoisotopic (exact) mass is 265 g/mol. The molecule has 0 radical (unpaired) electrons. The van der Waals surface area contributed by atoms with Gasteiger partial charge in [-0.05, 0) is 37.6 Å². The molecule has 2 saturated heterocycles. The Morgan fingerprint density at radius 2 is 2.11 bits per heavy atom. The van der Waals surface area contributed by atoms with Crippen LogP contribution in [0.15, 0.2) is 17.2 Å². The Morgan fingerprint density at radius 3 is 2.84 bits per heavy atom. The van der Waals surface area contributed by atoms with Gasteiger partial charge in [0.1, 0.15) is 0 Å². The standard InChI is InChI=1S/C14H23N3O2/c18-13-15-5-7-17(13)9-8-16-6-1-2-14(12-16)3-10-19-11-4-14/h5,7H,1-4,6,8-12H2,(H,15,18). The minimum absolute atomic E-state index is 0.00205. The SMILES string of the molecule is O=c1[nH]ccn1CCN1CCCC2(CCOCC2)C1. The molecule has 0 aliphatic carbocycles. The first-order valence-electron chi connectivity index (χ1n) is 7.31. The maximum Gasteiger partial charge on any atom is 0.325 e. The summed E-state index contributed by atoms with van der Waals surface area (Å²) in [4.78, 5) is 16.7. The molecule has 106 valence electrons. The number of piperidine rings is 1. The van der Waals surface area contributed by atoms with Gasteiger partial charge in [-0.25, -0.2) is 4.79 Å². The summed E-state index contributed by atoms with van der Waals surface area (Å²) in [5.41, 5.74) is 0.484. The van der Waals surface area contributed by atoms with Crippen LogP contribution in [0.4, 0.5) is 0 Å². The van der Waals surface area contributed by atoms with Gasteiger partial charge in [-0.1, -0.05) is 0 Å². The van der Waals surface area contributed by atoms with Crippen molar-refractivity contribution in [1.29, 1.82) is 0 Å². The van der Waals surface area contributed by atoms with Crippen LogP contribution >= 0.6 is 0 Å². The van der Waals surface area contributed by atoms with Crippen LogP contribution in [0.3, 0.4) is 0 Å².